The summed E-state index contributed by atoms with van der Waals surface area (Å²) < 4.78 is 11.8. The number of halogens is 3. The van der Waals surface area contributed by atoms with Crippen LogP contribution >= 0.6 is 22.4 Å². The molecule has 0 saturated heterocycles. The third-order valence-corrected chi connectivity index (χ3v) is 0.319. The zero-order valence-corrected chi connectivity index (χ0v) is 4.48. The molecule has 0 aliphatic rings. The maximum atomic E-state index is 10.5. The van der Waals surface area contributed by atoms with E-state index in [4.69, 9.17) is 0 Å². The predicted molar refractivity (Wildman–Crippen MR) is 29.1 cm³/mol. The molecule has 0 fully saturated rings. The van der Waals surface area contributed by atoms with Gasteiger partial charge >= 0.3 is 38.4 Å². The second-order valence-electron chi connectivity index (χ2n) is 0.252. The fourth-order valence-corrected chi connectivity index (χ4v) is 0. The van der Waals surface area contributed by atoms with E-state index >= 15 is 0 Å². The first-order valence-electron chi connectivity index (χ1n) is 0.770. The molecule has 0 rings (SSSR count). The molecule has 0 aromatic carbocycles. The van der Waals surface area contributed by atoms with Gasteiger partial charge < -0.3 is 0 Å². The van der Waals surface area contributed by atoms with Gasteiger partial charge in [-0.2, -0.15) is 0 Å². The van der Waals surface area contributed by atoms with Crippen LogP contribution < -0.4 is 0 Å². The molecular weight excluding hydrogens is 187 g/mol. The van der Waals surface area contributed by atoms with Crippen LogP contribution in [0.25, 0.3) is 0 Å². The molecule has 28 valence electrons. The molecule has 0 aromatic rings. The standard InChI is InChI=1S/B2FI.FH/c3-1-2-4;/h;1H. The van der Waals surface area contributed by atoms with Crippen molar-refractivity contribution in [3.63, 3.8) is 0 Å². The van der Waals surface area contributed by atoms with Crippen LogP contribution in [0.5, 0.6) is 0 Å². The Hall–Kier alpha value is 0.720. The van der Waals surface area contributed by atoms with E-state index in [0.29, 0.717) is 7.08 Å². The van der Waals surface area contributed by atoms with Crippen LogP contribution in [-0.4, -0.2) is 11.7 Å². The SMILES string of the molecule is F.FB=BI. The van der Waals surface area contributed by atoms with Crippen LogP contribution in [0.3, 0.4) is 0 Å². The van der Waals surface area contributed by atoms with Crippen LogP contribution in [-0.2, 0) is 0 Å². The summed E-state index contributed by atoms with van der Waals surface area (Å²) >= 11 is 1.80. The van der Waals surface area contributed by atoms with E-state index in [1.54, 1.807) is 22.4 Å². The first-order valence-corrected chi connectivity index (χ1v) is 2.02. The van der Waals surface area contributed by atoms with E-state index in [0.717, 1.165) is 0 Å². The first-order chi connectivity index (χ1) is 1.91. The van der Waals surface area contributed by atoms with Gasteiger partial charge in [0.15, 0.2) is 0 Å². The minimum atomic E-state index is 0. The van der Waals surface area contributed by atoms with E-state index in [1.807, 2.05) is 0 Å². The van der Waals surface area contributed by atoms with Crippen LogP contribution in [0, 0.1) is 0 Å². The summed E-state index contributed by atoms with van der Waals surface area (Å²) in [6, 6.07) is 0. The molecule has 0 aliphatic carbocycles. The van der Waals surface area contributed by atoms with Gasteiger partial charge in [-0.25, -0.2) is 0 Å². The van der Waals surface area contributed by atoms with E-state index in [-0.39, 0.29) is 4.70 Å². The summed E-state index contributed by atoms with van der Waals surface area (Å²) in [5.41, 5.74) is 0. The van der Waals surface area contributed by atoms with E-state index in [1.165, 1.54) is 4.66 Å². The molecule has 0 amide bonds. The third-order valence-electron chi connectivity index (χ3n) is 0.0476. The zero-order valence-electron chi connectivity index (χ0n) is 2.32. The molecule has 0 nitrogen and oxygen atoms in total. The Bertz CT molecular complexity index is 22.8. The average Bonchev–Trinajstić information content (AvgIpc) is 1.37. The second-order valence-corrected chi connectivity index (χ2v) is 0.971. The average molecular weight is 188 g/mol. The summed E-state index contributed by atoms with van der Waals surface area (Å²) in [6.45, 7) is 0. The van der Waals surface area contributed by atoms with Crippen molar-refractivity contribution in [1.29, 1.82) is 0 Å². The van der Waals surface area contributed by atoms with Crippen LogP contribution in [0.1, 0.15) is 0 Å². The molecule has 0 saturated carbocycles. The summed E-state index contributed by atoms with van der Waals surface area (Å²) in [6.07, 6.45) is 0. The van der Waals surface area contributed by atoms with E-state index in [2.05, 4.69) is 0 Å². The van der Waals surface area contributed by atoms with Crippen molar-refractivity contribution in [3.05, 3.63) is 0 Å². The molecule has 5 heavy (non-hydrogen) atoms. The molecule has 5 heteroatoms. The third kappa shape index (κ3) is 11.8. The molecule has 0 bridgehead atoms. The number of hydrogen-bond acceptors (Lipinski definition) is 0. The Morgan fingerprint density at radius 3 is 1.80 bits per heavy atom. The molecule has 0 aliphatic heterocycles. The van der Waals surface area contributed by atoms with Gasteiger partial charge in [0.05, 0.1) is 0 Å². The van der Waals surface area contributed by atoms with Gasteiger partial charge in [0.2, 0.25) is 0 Å². The first kappa shape index (κ1) is 9.21. The molecule has 0 unspecified atom stereocenters. The minimum absolute atomic E-state index is 0. The molecule has 0 spiro atoms. The maximum absolute atomic E-state index is 10.5. The fraction of sp³-hybridized carbons (Fsp3) is 0. The normalized spacial score (nSPS) is 4.40. The summed E-state index contributed by atoms with van der Waals surface area (Å²) in [7, 11) is 0.487. The van der Waals surface area contributed by atoms with Crippen LogP contribution in [0.2, 0.25) is 0 Å². The van der Waals surface area contributed by atoms with Crippen molar-refractivity contribution in [2.75, 3.05) is 0 Å². The van der Waals surface area contributed by atoms with Crippen LogP contribution in [0.4, 0.5) is 9.02 Å². The Morgan fingerprint density at radius 2 is 1.80 bits per heavy atom. The summed E-state index contributed by atoms with van der Waals surface area (Å²) in [5, 5.41) is 0. The molecule has 0 atom stereocenters. The molecular formula is HB2F2I. The van der Waals surface area contributed by atoms with Gasteiger partial charge in [-0.3, -0.25) is 4.70 Å². The van der Waals surface area contributed by atoms with E-state index < -0.39 is 0 Å². The number of rotatable bonds is 0. The fourth-order valence-electron chi connectivity index (χ4n) is 0. The molecule has 0 N–H and O–H groups in total. The Morgan fingerprint density at radius 1 is 1.60 bits per heavy atom. The molecule has 0 aromatic heterocycles. The Labute approximate surface area is 43.5 Å². The van der Waals surface area contributed by atoms with Crippen molar-refractivity contribution < 1.29 is 9.02 Å². The van der Waals surface area contributed by atoms with Gasteiger partial charge in [-0.1, -0.05) is 0 Å². The summed E-state index contributed by atoms with van der Waals surface area (Å²) in [5.74, 6) is 0. The van der Waals surface area contributed by atoms with Gasteiger partial charge in [0.25, 0.3) is 0 Å². The van der Waals surface area contributed by atoms with E-state index in [9.17, 15) is 4.32 Å². The summed E-state index contributed by atoms with van der Waals surface area (Å²) in [4.78, 5) is 0. The topological polar surface area (TPSA) is 0 Å². The van der Waals surface area contributed by atoms with Gasteiger partial charge in [-0.15, -0.1) is 0 Å². The Kier molecular flexibility index (Phi) is 16.3. The van der Waals surface area contributed by atoms with Crippen molar-refractivity contribution >= 4 is 34.1 Å². The van der Waals surface area contributed by atoms with Gasteiger partial charge in [-0.05, 0) is 0 Å². The quantitative estimate of drug-likeness (QED) is 0.387. The zero-order chi connectivity index (χ0) is 3.41. The second kappa shape index (κ2) is 8.83. The van der Waals surface area contributed by atoms with Crippen molar-refractivity contribution in [2.24, 2.45) is 0 Å². The number of hydrogen-bond donors (Lipinski definition) is 0. The van der Waals surface area contributed by atoms with Crippen molar-refractivity contribution in [1.82, 2.24) is 0 Å². The van der Waals surface area contributed by atoms with Crippen LogP contribution in [0.15, 0.2) is 0 Å². The van der Waals surface area contributed by atoms with Gasteiger partial charge in [0, 0.05) is 0 Å². The molecule has 0 radical (unpaired) electrons. The Balaban J connectivity index is 0. The van der Waals surface area contributed by atoms with Gasteiger partial charge in [0.1, 0.15) is 0 Å². The van der Waals surface area contributed by atoms with Crippen molar-refractivity contribution in [2.45, 2.75) is 0 Å². The predicted octanol–water partition coefficient (Wildman–Crippen LogP) is 0.697. The monoisotopic (exact) mass is 188 g/mol. The van der Waals surface area contributed by atoms with Crippen molar-refractivity contribution in [3.8, 4) is 0 Å². The molecule has 0 heterocycles.